The van der Waals surface area contributed by atoms with Crippen LogP contribution in [0.4, 0.5) is 0 Å². The normalized spacial score (nSPS) is 18.9. The Labute approximate surface area is 66.6 Å². The fraction of sp³-hybridized carbons (Fsp3) is 0.333. The minimum absolute atomic E-state index is 0.316. The number of rotatable bonds is 1. The summed E-state index contributed by atoms with van der Waals surface area (Å²) in [6.45, 7) is 2.10. The third-order valence-corrected chi connectivity index (χ3v) is 1.87. The molecule has 2 heteroatoms. The van der Waals surface area contributed by atoms with Crippen molar-refractivity contribution in [2.24, 2.45) is 0 Å². The van der Waals surface area contributed by atoms with E-state index in [4.69, 9.17) is 0 Å². The highest BCUT2D eigenvalue weighted by Crippen LogP contribution is 2.09. The highest BCUT2D eigenvalue weighted by Gasteiger charge is 2.13. The van der Waals surface area contributed by atoms with E-state index in [2.05, 4.69) is 22.8 Å². The van der Waals surface area contributed by atoms with Crippen LogP contribution in [0.5, 0.6) is 0 Å². The quantitative estimate of drug-likeness (QED) is 0.610. The topological polar surface area (TPSA) is 24.1 Å². The van der Waals surface area contributed by atoms with Gasteiger partial charge in [-0.3, -0.25) is 10.6 Å². The van der Waals surface area contributed by atoms with Gasteiger partial charge in [0.25, 0.3) is 0 Å². The van der Waals surface area contributed by atoms with Gasteiger partial charge in [-0.15, -0.1) is 0 Å². The molecule has 2 nitrogen and oxygen atoms in total. The smallest absolute Gasteiger partial charge is 0.0842 e. The molecule has 1 aromatic rings. The molecule has 0 saturated carbocycles. The molecule has 1 fully saturated rings. The Kier molecular flexibility index (Phi) is 1.88. The average molecular weight is 147 g/mol. The summed E-state index contributed by atoms with van der Waals surface area (Å²) in [7, 11) is 0. The maximum atomic E-state index is 3.33. The standard InChI is InChI=1S/C9H11N2/c1-2-4-8(5-3-1)9-10-6-7-11-9/h1-4,9-11H,6-7H2. The maximum absolute atomic E-state index is 3.33. The first kappa shape index (κ1) is 6.83. The minimum Gasteiger partial charge on any atom is -0.297 e. The van der Waals surface area contributed by atoms with Crippen LogP contribution < -0.4 is 10.6 Å². The molecular weight excluding hydrogens is 136 g/mol. The molecule has 57 valence electrons. The zero-order valence-electron chi connectivity index (χ0n) is 6.30. The first-order chi connectivity index (χ1) is 5.47. The van der Waals surface area contributed by atoms with E-state index in [1.54, 1.807) is 0 Å². The molecule has 0 unspecified atom stereocenters. The number of hydrogen-bond donors (Lipinski definition) is 2. The molecule has 0 aromatic heterocycles. The largest absolute Gasteiger partial charge is 0.297 e. The van der Waals surface area contributed by atoms with Crippen LogP contribution in [-0.2, 0) is 0 Å². The number of benzene rings is 1. The first-order valence-corrected chi connectivity index (χ1v) is 3.90. The van der Waals surface area contributed by atoms with E-state index >= 15 is 0 Å². The van der Waals surface area contributed by atoms with E-state index in [0.717, 1.165) is 13.1 Å². The summed E-state index contributed by atoms with van der Waals surface area (Å²) in [6.07, 6.45) is 0.316. The van der Waals surface area contributed by atoms with Crippen molar-refractivity contribution in [3.05, 3.63) is 35.9 Å². The summed E-state index contributed by atoms with van der Waals surface area (Å²) in [5, 5.41) is 6.66. The van der Waals surface area contributed by atoms with Crippen LogP contribution in [0.15, 0.2) is 24.3 Å². The third-order valence-electron chi connectivity index (χ3n) is 1.87. The van der Waals surface area contributed by atoms with E-state index in [1.807, 2.05) is 18.2 Å². The Balaban J connectivity index is 2.16. The maximum Gasteiger partial charge on any atom is 0.0842 e. The SMILES string of the molecule is [c]1ccccc1C1NCCN1. The second-order valence-electron chi connectivity index (χ2n) is 2.66. The lowest BCUT2D eigenvalue weighted by molar-refractivity contribution is 0.587. The fourth-order valence-electron chi connectivity index (χ4n) is 1.31. The van der Waals surface area contributed by atoms with Gasteiger partial charge < -0.3 is 0 Å². The van der Waals surface area contributed by atoms with E-state index in [1.165, 1.54) is 5.56 Å². The van der Waals surface area contributed by atoms with Crippen molar-refractivity contribution >= 4 is 0 Å². The lowest BCUT2D eigenvalue weighted by atomic mass is 10.2. The summed E-state index contributed by atoms with van der Waals surface area (Å²) in [5.41, 5.74) is 1.20. The highest BCUT2D eigenvalue weighted by molar-refractivity contribution is 5.17. The summed E-state index contributed by atoms with van der Waals surface area (Å²) in [4.78, 5) is 0. The zero-order chi connectivity index (χ0) is 7.52. The molecule has 1 aliphatic heterocycles. The molecule has 1 aliphatic rings. The van der Waals surface area contributed by atoms with Gasteiger partial charge >= 0.3 is 0 Å². The van der Waals surface area contributed by atoms with Crippen LogP contribution in [-0.4, -0.2) is 13.1 Å². The molecule has 0 aliphatic carbocycles. The van der Waals surface area contributed by atoms with E-state index in [9.17, 15) is 0 Å². The van der Waals surface area contributed by atoms with Crippen LogP contribution in [0.1, 0.15) is 11.7 Å². The predicted octanol–water partition coefficient (Wildman–Crippen LogP) is 0.678. The van der Waals surface area contributed by atoms with Crippen molar-refractivity contribution in [1.82, 2.24) is 10.6 Å². The number of nitrogens with one attached hydrogen (secondary N) is 2. The first-order valence-electron chi connectivity index (χ1n) is 3.90. The second-order valence-corrected chi connectivity index (χ2v) is 2.66. The monoisotopic (exact) mass is 147 g/mol. The molecular formula is C9H11N2. The van der Waals surface area contributed by atoms with Crippen molar-refractivity contribution in [3.8, 4) is 0 Å². The average Bonchev–Trinajstić information content (AvgIpc) is 2.58. The lowest BCUT2D eigenvalue weighted by Gasteiger charge is -2.09. The molecule has 1 saturated heterocycles. The van der Waals surface area contributed by atoms with Crippen molar-refractivity contribution in [2.45, 2.75) is 6.17 Å². The molecule has 0 amide bonds. The molecule has 0 atom stereocenters. The Morgan fingerprint density at radius 1 is 1.27 bits per heavy atom. The van der Waals surface area contributed by atoms with E-state index in [0.29, 0.717) is 6.17 Å². The zero-order valence-corrected chi connectivity index (χ0v) is 6.30. The van der Waals surface area contributed by atoms with Gasteiger partial charge in [-0.1, -0.05) is 24.3 Å². The second kappa shape index (κ2) is 3.03. The molecule has 1 heterocycles. The van der Waals surface area contributed by atoms with Gasteiger partial charge in [0.1, 0.15) is 0 Å². The molecule has 0 spiro atoms. The van der Waals surface area contributed by atoms with Gasteiger partial charge in [-0.2, -0.15) is 0 Å². The van der Waals surface area contributed by atoms with E-state index in [-0.39, 0.29) is 0 Å². The Morgan fingerprint density at radius 2 is 2.09 bits per heavy atom. The Morgan fingerprint density at radius 3 is 2.73 bits per heavy atom. The summed E-state index contributed by atoms with van der Waals surface area (Å²) in [6, 6.07) is 11.2. The predicted molar refractivity (Wildman–Crippen MR) is 44.0 cm³/mol. The van der Waals surface area contributed by atoms with Gasteiger partial charge in [0.05, 0.1) is 6.17 Å². The van der Waals surface area contributed by atoms with Crippen molar-refractivity contribution in [1.29, 1.82) is 0 Å². The van der Waals surface area contributed by atoms with Crippen LogP contribution in [0.25, 0.3) is 0 Å². The lowest BCUT2D eigenvalue weighted by Crippen LogP contribution is -2.20. The molecule has 2 rings (SSSR count). The highest BCUT2D eigenvalue weighted by atomic mass is 15.2. The summed E-state index contributed by atoms with van der Waals surface area (Å²) in [5.74, 6) is 0. The van der Waals surface area contributed by atoms with Crippen LogP contribution >= 0.6 is 0 Å². The van der Waals surface area contributed by atoms with Gasteiger partial charge in [0, 0.05) is 13.1 Å². The van der Waals surface area contributed by atoms with Crippen LogP contribution in [0.3, 0.4) is 0 Å². The summed E-state index contributed by atoms with van der Waals surface area (Å²) < 4.78 is 0. The van der Waals surface area contributed by atoms with Gasteiger partial charge in [0.2, 0.25) is 0 Å². The van der Waals surface area contributed by atoms with Crippen molar-refractivity contribution in [3.63, 3.8) is 0 Å². The number of hydrogen-bond acceptors (Lipinski definition) is 2. The van der Waals surface area contributed by atoms with Gasteiger partial charge in [0.15, 0.2) is 0 Å². The molecule has 2 N–H and O–H groups in total. The fourth-order valence-corrected chi connectivity index (χ4v) is 1.31. The van der Waals surface area contributed by atoms with Crippen molar-refractivity contribution < 1.29 is 0 Å². The third kappa shape index (κ3) is 1.42. The van der Waals surface area contributed by atoms with Crippen LogP contribution in [0.2, 0.25) is 0 Å². The molecule has 1 aromatic carbocycles. The Hall–Kier alpha value is -0.860. The Bertz CT molecular complexity index is 214. The van der Waals surface area contributed by atoms with E-state index < -0.39 is 0 Å². The molecule has 1 radical (unpaired) electrons. The van der Waals surface area contributed by atoms with Gasteiger partial charge in [-0.05, 0) is 11.6 Å². The molecule has 0 bridgehead atoms. The van der Waals surface area contributed by atoms with Crippen LogP contribution in [0, 0.1) is 6.07 Å². The van der Waals surface area contributed by atoms with Gasteiger partial charge in [-0.25, -0.2) is 0 Å². The summed E-state index contributed by atoms with van der Waals surface area (Å²) >= 11 is 0. The minimum atomic E-state index is 0.316. The van der Waals surface area contributed by atoms with Crippen molar-refractivity contribution in [2.75, 3.05) is 13.1 Å². The molecule has 11 heavy (non-hydrogen) atoms.